The smallest absolute Gasteiger partial charge is 0.330 e. The Bertz CT molecular complexity index is 216. The summed E-state index contributed by atoms with van der Waals surface area (Å²) in [6.07, 6.45) is 4.07. The first kappa shape index (κ1) is 8.97. The fraction of sp³-hybridized carbons (Fsp3) is 0.556. The van der Waals surface area contributed by atoms with Gasteiger partial charge in [-0.2, -0.15) is 0 Å². The van der Waals surface area contributed by atoms with E-state index in [4.69, 9.17) is 0 Å². The van der Waals surface area contributed by atoms with Gasteiger partial charge < -0.3 is 4.74 Å². The van der Waals surface area contributed by atoms with Crippen molar-refractivity contribution in [3.63, 3.8) is 0 Å². The average molecular weight is 168 g/mol. The first-order chi connectivity index (χ1) is 5.72. The van der Waals surface area contributed by atoms with E-state index in [1.807, 2.05) is 0 Å². The van der Waals surface area contributed by atoms with Crippen LogP contribution in [0.5, 0.6) is 0 Å². The number of ether oxygens (including phenoxy) is 1. The molecule has 0 unspecified atom stereocenters. The van der Waals surface area contributed by atoms with Gasteiger partial charge in [0.25, 0.3) is 0 Å². The summed E-state index contributed by atoms with van der Waals surface area (Å²) in [6, 6.07) is 0. The minimum atomic E-state index is -0.320. The van der Waals surface area contributed by atoms with Gasteiger partial charge in [-0.25, -0.2) is 4.79 Å². The molecule has 66 valence electrons. The largest absolute Gasteiger partial charge is 0.466 e. The van der Waals surface area contributed by atoms with Gasteiger partial charge in [0.15, 0.2) is 0 Å². The Kier molecular flexibility index (Phi) is 3.02. The summed E-state index contributed by atoms with van der Waals surface area (Å²) in [5.74, 6) is -0.0311. The number of hydrogen-bond donors (Lipinski definition) is 0. The lowest BCUT2D eigenvalue weighted by atomic mass is 9.94. The molecule has 0 saturated heterocycles. The fourth-order valence-electron chi connectivity index (χ4n) is 1.22. The summed E-state index contributed by atoms with van der Waals surface area (Å²) in [5.41, 5.74) is 1.03. The van der Waals surface area contributed by atoms with Crippen LogP contribution >= 0.6 is 0 Å². The number of esters is 1. The van der Waals surface area contributed by atoms with Crippen molar-refractivity contribution in [2.24, 2.45) is 0 Å². The number of hydrogen-bond acceptors (Lipinski definition) is 3. The van der Waals surface area contributed by atoms with Crippen LogP contribution in [0.3, 0.4) is 0 Å². The summed E-state index contributed by atoms with van der Waals surface area (Å²) < 4.78 is 4.48. The van der Waals surface area contributed by atoms with Crippen LogP contribution in [0.1, 0.15) is 25.7 Å². The quantitative estimate of drug-likeness (QED) is 0.437. The van der Waals surface area contributed by atoms with Crippen LogP contribution in [-0.2, 0) is 14.3 Å². The van der Waals surface area contributed by atoms with Gasteiger partial charge in [-0.05, 0) is 12.8 Å². The highest BCUT2D eigenvalue weighted by molar-refractivity contribution is 5.84. The zero-order chi connectivity index (χ0) is 8.97. The van der Waals surface area contributed by atoms with E-state index in [2.05, 4.69) is 4.74 Å². The monoisotopic (exact) mass is 168 g/mol. The maximum absolute atomic E-state index is 10.8. The van der Waals surface area contributed by atoms with Gasteiger partial charge in [0.1, 0.15) is 5.78 Å². The molecule has 0 spiro atoms. The maximum Gasteiger partial charge on any atom is 0.330 e. The third kappa shape index (κ3) is 2.49. The zero-order valence-corrected chi connectivity index (χ0v) is 7.13. The Morgan fingerprint density at radius 3 is 2.42 bits per heavy atom. The van der Waals surface area contributed by atoms with Crippen molar-refractivity contribution in [2.75, 3.05) is 7.11 Å². The molecule has 0 aromatic heterocycles. The van der Waals surface area contributed by atoms with Gasteiger partial charge in [-0.15, -0.1) is 0 Å². The van der Waals surface area contributed by atoms with Gasteiger partial charge in [-0.3, -0.25) is 4.79 Å². The summed E-state index contributed by atoms with van der Waals surface area (Å²) in [6.45, 7) is 0. The molecule has 0 N–H and O–H groups in total. The van der Waals surface area contributed by atoms with E-state index >= 15 is 0 Å². The number of ketones is 1. The standard InChI is InChI=1S/C9H12O3/c1-12-9(11)6-7-2-4-8(10)5-3-7/h6H,2-5H2,1H3. The molecule has 1 saturated carbocycles. The SMILES string of the molecule is COC(=O)C=C1CCC(=O)CC1. The normalized spacial score (nSPS) is 17.4. The Balaban J connectivity index is 2.48. The van der Waals surface area contributed by atoms with E-state index in [9.17, 15) is 9.59 Å². The molecular weight excluding hydrogens is 156 g/mol. The first-order valence-electron chi connectivity index (χ1n) is 4.01. The molecule has 3 heteroatoms. The minimum absolute atomic E-state index is 0.289. The summed E-state index contributed by atoms with van der Waals surface area (Å²) >= 11 is 0. The second-order valence-corrected chi connectivity index (χ2v) is 2.86. The average Bonchev–Trinajstić information content (AvgIpc) is 2.09. The molecule has 0 heterocycles. The molecule has 12 heavy (non-hydrogen) atoms. The molecule has 0 amide bonds. The molecule has 0 aromatic rings. The van der Waals surface area contributed by atoms with Crippen molar-refractivity contribution in [1.82, 2.24) is 0 Å². The third-order valence-corrected chi connectivity index (χ3v) is 1.97. The van der Waals surface area contributed by atoms with Crippen molar-refractivity contribution in [3.8, 4) is 0 Å². The predicted molar refractivity (Wildman–Crippen MR) is 43.6 cm³/mol. The highest BCUT2D eigenvalue weighted by atomic mass is 16.5. The van der Waals surface area contributed by atoms with E-state index < -0.39 is 0 Å². The number of allylic oxidation sites excluding steroid dienone is 1. The molecule has 1 aliphatic carbocycles. The Labute approximate surface area is 71.4 Å². The molecule has 1 rings (SSSR count). The lowest BCUT2D eigenvalue weighted by molar-refractivity contribution is -0.135. The summed E-state index contributed by atoms with van der Waals surface area (Å²) in [7, 11) is 1.35. The summed E-state index contributed by atoms with van der Waals surface area (Å²) in [5, 5.41) is 0. The fourth-order valence-corrected chi connectivity index (χ4v) is 1.22. The molecule has 0 atom stereocenters. The number of rotatable bonds is 1. The molecule has 0 radical (unpaired) electrons. The predicted octanol–water partition coefficient (Wildman–Crippen LogP) is 1.23. The molecule has 1 aliphatic rings. The Morgan fingerprint density at radius 2 is 1.92 bits per heavy atom. The van der Waals surface area contributed by atoms with Crippen molar-refractivity contribution in [3.05, 3.63) is 11.6 Å². The van der Waals surface area contributed by atoms with Gasteiger partial charge in [-0.1, -0.05) is 5.57 Å². The van der Waals surface area contributed by atoms with E-state index in [-0.39, 0.29) is 11.8 Å². The molecule has 0 aromatic carbocycles. The second kappa shape index (κ2) is 4.04. The topological polar surface area (TPSA) is 43.4 Å². The van der Waals surface area contributed by atoms with Crippen molar-refractivity contribution in [1.29, 1.82) is 0 Å². The summed E-state index contributed by atoms with van der Waals surface area (Å²) in [4.78, 5) is 21.6. The van der Waals surface area contributed by atoms with Crippen LogP contribution in [0.25, 0.3) is 0 Å². The number of methoxy groups -OCH3 is 1. The Hall–Kier alpha value is -1.12. The van der Waals surface area contributed by atoms with Gasteiger partial charge >= 0.3 is 5.97 Å². The number of carbonyl (C=O) groups is 2. The Morgan fingerprint density at radius 1 is 1.33 bits per heavy atom. The number of carbonyl (C=O) groups excluding carboxylic acids is 2. The van der Waals surface area contributed by atoms with Crippen molar-refractivity contribution in [2.45, 2.75) is 25.7 Å². The third-order valence-electron chi connectivity index (χ3n) is 1.97. The second-order valence-electron chi connectivity index (χ2n) is 2.86. The van der Waals surface area contributed by atoms with E-state index in [1.54, 1.807) is 0 Å². The maximum atomic E-state index is 10.8. The molecule has 0 bridgehead atoms. The lowest BCUT2D eigenvalue weighted by Crippen LogP contribution is -2.08. The van der Waals surface area contributed by atoms with Gasteiger partial charge in [0, 0.05) is 18.9 Å². The molecule has 0 aliphatic heterocycles. The van der Waals surface area contributed by atoms with Crippen LogP contribution in [0.4, 0.5) is 0 Å². The molecule has 1 fully saturated rings. The van der Waals surface area contributed by atoms with E-state index in [1.165, 1.54) is 13.2 Å². The highest BCUT2D eigenvalue weighted by Crippen LogP contribution is 2.20. The van der Waals surface area contributed by atoms with Gasteiger partial charge in [0.2, 0.25) is 0 Å². The van der Waals surface area contributed by atoms with Crippen LogP contribution in [0, 0.1) is 0 Å². The van der Waals surface area contributed by atoms with Crippen LogP contribution in [0.15, 0.2) is 11.6 Å². The van der Waals surface area contributed by atoms with Gasteiger partial charge in [0.05, 0.1) is 7.11 Å². The van der Waals surface area contributed by atoms with Crippen molar-refractivity contribution < 1.29 is 14.3 Å². The number of Topliss-reactive ketones (excluding diaryl/α,β-unsaturated/α-hetero) is 1. The van der Waals surface area contributed by atoms with E-state index in [0.29, 0.717) is 25.7 Å². The van der Waals surface area contributed by atoms with Crippen LogP contribution in [0.2, 0.25) is 0 Å². The van der Waals surface area contributed by atoms with Crippen LogP contribution in [-0.4, -0.2) is 18.9 Å². The highest BCUT2D eigenvalue weighted by Gasteiger charge is 2.13. The first-order valence-corrected chi connectivity index (χ1v) is 4.01. The zero-order valence-electron chi connectivity index (χ0n) is 7.13. The minimum Gasteiger partial charge on any atom is -0.466 e. The molecule has 3 nitrogen and oxygen atoms in total. The van der Waals surface area contributed by atoms with Crippen molar-refractivity contribution >= 4 is 11.8 Å². The lowest BCUT2D eigenvalue weighted by Gasteiger charge is -2.11. The van der Waals surface area contributed by atoms with Crippen LogP contribution < -0.4 is 0 Å². The van der Waals surface area contributed by atoms with E-state index in [0.717, 1.165) is 5.57 Å². The molecular formula is C9H12O3.